The van der Waals surface area contributed by atoms with Gasteiger partial charge in [0.15, 0.2) is 0 Å². The largest absolute Gasteiger partial charge is 0.456 e. The maximum Gasteiger partial charge on any atom is 0.288 e. The third kappa shape index (κ3) is 3.68. The molecule has 1 heterocycles. The van der Waals surface area contributed by atoms with Crippen molar-refractivity contribution in [2.45, 2.75) is 19.4 Å². The zero-order valence-corrected chi connectivity index (χ0v) is 12.1. The Balaban J connectivity index is 2.15. The van der Waals surface area contributed by atoms with Crippen molar-refractivity contribution in [3.05, 3.63) is 57.4 Å². The Hall–Kier alpha value is -2.18. The van der Waals surface area contributed by atoms with E-state index in [-0.39, 0.29) is 16.8 Å². The highest BCUT2D eigenvalue weighted by molar-refractivity contribution is 6.32. The Morgan fingerprint density at radius 2 is 2.10 bits per heavy atom. The van der Waals surface area contributed by atoms with Crippen LogP contribution in [0.15, 0.2) is 36.5 Å². The minimum Gasteiger partial charge on any atom is -0.456 e. The summed E-state index contributed by atoms with van der Waals surface area (Å²) in [6, 6.07) is 7.60. The average molecular weight is 308 g/mol. The van der Waals surface area contributed by atoms with Gasteiger partial charge in [-0.1, -0.05) is 18.5 Å². The van der Waals surface area contributed by atoms with Gasteiger partial charge in [-0.15, -0.1) is 0 Å². The summed E-state index contributed by atoms with van der Waals surface area (Å²) in [7, 11) is 0. The van der Waals surface area contributed by atoms with E-state index in [1.165, 1.54) is 18.2 Å². The van der Waals surface area contributed by atoms with E-state index in [1.807, 2.05) is 6.92 Å². The van der Waals surface area contributed by atoms with Crippen LogP contribution in [-0.4, -0.2) is 9.91 Å². The van der Waals surface area contributed by atoms with E-state index >= 15 is 0 Å². The summed E-state index contributed by atoms with van der Waals surface area (Å²) < 4.78 is 5.55. The summed E-state index contributed by atoms with van der Waals surface area (Å²) in [6.07, 6.45) is 2.35. The zero-order valence-electron chi connectivity index (χ0n) is 11.3. The van der Waals surface area contributed by atoms with Crippen LogP contribution in [0.3, 0.4) is 0 Å². The third-order valence-corrected chi connectivity index (χ3v) is 3.23. The second-order valence-electron chi connectivity index (χ2n) is 4.41. The number of nitrogens with zero attached hydrogens (tertiary/aromatic N) is 2. The van der Waals surface area contributed by atoms with Crippen LogP contribution < -0.4 is 10.5 Å². The van der Waals surface area contributed by atoms with Gasteiger partial charge in [0.2, 0.25) is 0 Å². The first kappa shape index (κ1) is 15.2. The zero-order chi connectivity index (χ0) is 15.4. The average Bonchev–Trinajstić information content (AvgIpc) is 2.47. The molecule has 0 radical (unpaired) electrons. The fraction of sp³-hybridized carbons (Fsp3) is 0.214. The summed E-state index contributed by atoms with van der Waals surface area (Å²) in [6.45, 7) is 1.98. The fourth-order valence-electron chi connectivity index (χ4n) is 1.72. The molecule has 110 valence electrons. The molecule has 0 fully saturated rings. The molecule has 0 aliphatic heterocycles. The predicted molar refractivity (Wildman–Crippen MR) is 79.6 cm³/mol. The Morgan fingerprint density at radius 1 is 1.38 bits per heavy atom. The molecule has 2 aromatic rings. The molecule has 1 aromatic carbocycles. The van der Waals surface area contributed by atoms with Crippen molar-refractivity contribution in [1.29, 1.82) is 0 Å². The molecule has 1 unspecified atom stereocenters. The molecule has 0 spiro atoms. The van der Waals surface area contributed by atoms with Crippen LogP contribution in [-0.2, 0) is 0 Å². The first-order valence-corrected chi connectivity index (χ1v) is 6.72. The van der Waals surface area contributed by atoms with Gasteiger partial charge >= 0.3 is 0 Å². The lowest BCUT2D eigenvalue weighted by molar-refractivity contribution is -0.384. The van der Waals surface area contributed by atoms with Crippen molar-refractivity contribution in [3.63, 3.8) is 0 Å². The first-order chi connectivity index (χ1) is 10.0. The van der Waals surface area contributed by atoms with E-state index in [1.54, 1.807) is 18.3 Å². The van der Waals surface area contributed by atoms with Crippen molar-refractivity contribution in [1.82, 2.24) is 4.98 Å². The van der Waals surface area contributed by atoms with Crippen molar-refractivity contribution in [2.75, 3.05) is 0 Å². The first-order valence-electron chi connectivity index (χ1n) is 6.34. The number of halogens is 1. The smallest absolute Gasteiger partial charge is 0.288 e. The highest BCUT2D eigenvalue weighted by atomic mass is 35.5. The molecular formula is C14H14ClN3O3. The minimum absolute atomic E-state index is 0.0232. The number of hydrogen-bond donors (Lipinski definition) is 1. The number of rotatable bonds is 5. The predicted octanol–water partition coefficient (Wildman–Crippen LogP) is 3.85. The Morgan fingerprint density at radius 3 is 2.62 bits per heavy atom. The summed E-state index contributed by atoms with van der Waals surface area (Å²) >= 11 is 5.82. The Bertz CT molecular complexity index is 646. The second kappa shape index (κ2) is 6.51. The molecule has 0 saturated heterocycles. The molecule has 6 nitrogen and oxygen atoms in total. The van der Waals surface area contributed by atoms with E-state index in [4.69, 9.17) is 22.1 Å². The highest BCUT2D eigenvalue weighted by Crippen LogP contribution is 2.30. The van der Waals surface area contributed by atoms with Gasteiger partial charge in [-0.2, -0.15) is 0 Å². The molecule has 0 bridgehead atoms. The standard InChI is InChI=1S/C14H14ClN3O3/c1-2-12(16)13-5-3-10(8-17-13)21-9-4-6-14(18(19)20)11(15)7-9/h3-8,12H,2,16H2,1H3. The van der Waals surface area contributed by atoms with Crippen molar-refractivity contribution in [2.24, 2.45) is 5.73 Å². The fourth-order valence-corrected chi connectivity index (χ4v) is 1.96. The number of aromatic nitrogens is 1. The van der Waals surface area contributed by atoms with Crippen LogP contribution in [0.2, 0.25) is 5.02 Å². The normalized spacial score (nSPS) is 12.0. The van der Waals surface area contributed by atoms with E-state index in [0.717, 1.165) is 12.1 Å². The molecule has 7 heteroatoms. The van der Waals surface area contributed by atoms with E-state index in [2.05, 4.69) is 4.98 Å². The van der Waals surface area contributed by atoms with E-state index < -0.39 is 4.92 Å². The molecule has 0 saturated carbocycles. The van der Waals surface area contributed by atoms with Gasteiger partial charge in [-0.25, -0.2) is 0 Å². The summed E-state index contributed by atoms with van der Waals surface area (Å²) in [5.74, 6) is 0.909. The second-order valence-corrected chi connectivity index (χ2v) is 4.81. The van der Waals surface area contributed by atoms with E-state index in [9.17, 15) is 10.1 Å². The lowest BCUT2D eigenvalue weighted by Crippen LogP contribution is -2.10. The number of nitro benzene ring substituents is 1. The molecule has 2 rings (SSSR count). The Kier molecular flexibility index (Phi) is 4.72. The molecule has 0 aliphatic carbocycles. The number of pyridine rings is 1. The third-order valence-electron chi connectivity index (χ3n) is 2.93. The van der Waals surface area contributed by atoms with Gasteiger partial charge in [0.25, 0.3) is 5.69 Å². The van der Waals surface area contributed by atoms with Gasteiger partial charge < -0.3 is 10.5 Å². The molecule has 0 amide bonds. The summed E-state index contributed by atoms with van der Waals surface area (Å²) in [5, 5.41) is 10.7. The van der Waals surface area contributed by atoms with Gasteiger partial charge in [-0.05, 0) is 24.6 Å². The van der Waals surface area contributed by atoms with Gasteiger partial charge in [0.1, 0.15) is 16.5 Å². The number of nitrogens with two attached hydrogens (primary N) is 1. The monoisotopic (exact) mass is 307 g/mol. The van der Waals surface area contributed by atoms with Crippen LogP contribution in [0.25, 0.3) is 0 Å². The molecule has 1 atom stereocenters. The van der Waals surface area contributed by atoms with Crippen LogP contribution in [0.5, 0.6) is 11.5 Å². The Labute approximate surface area is 126 Å². The van der Waals surface area contributed by atoms with Crippen molar-refractivity contribution >= 4 is 17.3 Å². The number of benzene rings is 1. The van der Waals surface area contributed by atoms with Crippen LogP contribution in [0.4, 0.5) is 5.69 Å². The number of nitro groups is 1. The van der Waals surface area contributed by atoms with Gasteiger partial charge in [0.05, 0.1) is 16.8 Å². The maximum absolute atomic E-state index is 10.7. The minimum atomic E-state index is -0.547. The molecule has 21 heavy (non-hydrogen) atoms. The molecular weight excluding hydrogens is 294 g/mol. The molecule has 1 aromatic heterocycles. The van der Waals surface area contributed by atoms with E-state index in [0.29, 0.717) is 11.5 Å². The van der Waals surface area contributed by atoms with Crippen molar-refractivity contribution in [3.8, 4) is 11.5 Å². The molecule has 2 N–H and O–H groups in total. The topological polar surface area (TPSA) is 91.3 Å². The van der Waals surface area contributed by atoms with Crippen LogP contribution in [0.1, 0.15) is 25.1 Å². The lowest BCUT2D eigenvalue weighted by Gasteiger charge is -2.09. The van der Waals surface area contributed by atoms with Gasteiger partial charge in [-0.3, -0.25) is 15.1 Å². The maximum atomic E-state index is 10.7. The highest BCUT2D eigenvalue weighted by Gasteiger charge is 2.13. The SMILES string of the molecule is CCC(N)c1ccc(Oc2ccc([N+](=O)[O-])c(Cl)c2)cn1. The lowest BCUT2D eigenvalue weighted by atomic mass is 10.1. The number of ether oxygens (including phenoxy) is 1. The number of hydrogen-bond acceptors (Lipinski definition) is 5. The quantitative estimate of drug-likeness (QED) is 0.669. The summed E-state index contributed by atoms with van der Waals surface area (Å²) in [5.41, 5.74) is 6.50. The molecule has 0 aliphatic rings. The van der Waals surface area contributed by atoms with Crippen LogP contribution in [0, 0.1) is 10.1 Å². The van der Waals surface area contributed by atoms with Gasteiger partial charge in [0, 0.05) is 18.2 Å². The summed E-state index contributed by atoms with van der Waals surface area (Å²) in [4.78, 5) is 14.4. The van der Waals surface area contributed by atoms with Crippen LogP contribution >= 0.6 is 11.6 Å². The van der Waals surface area contributed by atoms with Crippen molar-refractivity contribution < 1.29 is 9.66 Å².